The lowest BCUT2D eigenvalue weighted by atomic mass is 10.2. The Morgan fingerprint density at radius 1 is 1.21 bits per heavy atom. The van der Waals surface area contributed by atoms with Crippen LogP contribution in [0.1, 0.15) is 18.7 Å². The van der Waals surface area contributed by atoms with Crippen LogP contribution < -0.4 is 5.56 Å². The summed E-state index contributed by atoms with van der Waals surface area (Å²) in [6, 6.07) is 7.54. The van der Waals surface area contributed by atoms with Crippen molar-refractivity contribution in [1.82, 2.24) is 9.55 Å². The largest absolute Gasteiger partial charge is 0.335 e. The Bertz CT molecular complexity index is 1160. The highest BCUT2D eigenvalue weighted by Crippen LogP contribution is 2.52. The summed E-state index contributed by atoms with van der Waals surface area (Å²) in [6.45, 7) is 4.04. The molecule has 0 amide bonds. The normalized spacial score (nSPS) is 11.8. The second-order valence-electron chi connectivity index (χ2n) is 6.13. The zero-order valence-corrected chi connectivity index (χ0v) is 17.9. The van der Waals surface area contributed by atoms with Crippen LogP contribution in [0.3, 0.4) is 0 Å². The molecule has 0 spiro atoms. The average Bonchev–Trinajstić information content (AvgIpc) is 3.12. The zero-order valence-electron chi connectivity index (χ0n) is 16.2. The van der Waals surface area contributed by atoms with Gasteiger partial charge in [0, 0.05) is 24.1 Å². The van der Waals surface area contributed by atoms with Gasteiger partial charge in [-0.2, -0.15) is 0 Å². The third kappa shape index (κ3) is 4.45. The molecule has 3 aromatic rings. The molecule has 0 N–H and O–H groups in total. The topological polar surface area (TPSA) is 114 Å². The zero-order chi connectivity index (χ0) is 21.2. The van der Waals surface area contributed by atoms with Crippen LogP contribution in [-0.4, -0.2) is 27.7 Å². The van der Waals surface area contributed by atoms with Crippen LogP contribution in [0.5, 0.6) is 0 Å². The molecule has 1 aromatic carbocycles. The Hall–Kier alpha value is -2.39. The summed E-state index contributed by atoms with van der Waals surface area (Å²) in [7, 11) is -1.66. The summed E-state index contributed by atoms with van der Waals surface area (Å²) in [6.07, 6.45) is 0.117. The van der Waals surface area contributed by atoms with Gasteiger partial charge in [0.2, 0.25) is 0 Å². The van der Waals surface area contributed by atoms with Gasteiger partial charge in [0.05, 0.1) is 40.1 Å². The number of thiophene rings is 1. The minimum Gasteiger partial charge on any atom is -0.309 e. The fourth-order valence-corrected chi connectivity index (χ4v) is 5.98. The van der Waals surface area contributed by atoms with Crippen molar-refractivity contribution in [2.45, 2.75) is 20.0 Å². The van der Waals surface area contributed by atoms with Crippen molar-refractivity contribution >= 4 is 35.5 Å². The van der Waals surface area contributed by atoms with Gasteiger partial charge in [-0.1, -0.05) is 0 Å². The average molecular weight is 437 g/mol. The van der Waals surface area contributed by atoms with E-state index >= 15 is 0 Å². The number of nitrogens with zero attached hydrogens (tertiary/aromatic N) is 3. The van der Waals surface area contributed by atoms with Gasteiger partial charge in [-0.05, 0) is 32.0 Å². The first-order chi connectivity index (χ1) is 13.8. The van der Waals surface area contributed by atoms with E-state index in [9.17, 15) is 19.5 Å². The Morgan fingerprint density at radius 2 is 1.90 bits per heavy atom. The molecule has 29 heavy (non-hydrogen) atoms. The summed E-state index contributed by atoms with van der Waals surface area (Å²) in [5, 5.41) is 11.3. The second kappa shape index (κ2) is 8.54. The lowest BCUT2D eigenvalue weighted by Gasteiger charge is -2.15. The third-order valence-electron chi connectivity index (χ3n) is 4.15. The first-order valence-electron chi connectivity index (χ1n) is 8.90. The van der Waals surface area contributed by atoms with E-state index in [1.165, 1.54) is 34.1 Å². The van der Waals surface area contributed by atoms with Crippen molar-refractivity contribution in [3.05, 3.63) is 55.7 Å². The van der Waals surface area contributed by atoms with E-state index < -0.39 is 12.5 Å². The first kappa shape index (κ1) is 21.3. The molecule has 0 fully saturated rings. The van der Waals surface area contributed by atoms with Crippen molar-refractivity contribution in [2.24, 2.45) is 7.05 Å². The molecule has 0 unspecified atom stereocenters. The number of hydrogen-bond donors (Lipinski definition) is 0. The second-order valence-corrected chi connectivity index (χ2v) is 9.35. The van der Waals surface area contributed by atoms with Crippen LogP contribution in [0.25, 0.3) is 21.6 Å². The Kier molecular flexibility index (Phi) is 6.28. The van der Waals surface area contributed by atoms with Gasteiger partial charge in [0.1, 0.15) is 0 Å². The summed E-state index contributed by atoms with van der Waals surface area (Å²) < 4.78 is 24.8. The van der Waals surface area contributed by atoms with Gasteiger partial charge in [-0.3, -0.25) is 24.0 Å². The van der Waals surface area contributed by atoms with Crippen LogP contribution in [0.15, 0.2) is 35.1 Å². The predicted molar refractivity (Wildman–Crippen MR) is 112 cm³/mol. The van der Waals surface area contributed by atoms with E-state index in [1.807, 2.05) is 0 Å². The van der Waals surface area contributed by atoms with Crippen LogP contribution in [0.4, 0.5) is 5.69 Å². The van der Waals surface area contributed by atoms with Crippen molar-refractivity contribution in [3.8, 4) is 10.7 Å². The first-order valence-corrected chi connectivity index (χ1v) is 11.4. The highest BCUT2D eigenvalue weighted by atomic mass is 32.1. The van der Waals surface area contributed by atoms with E-state index in [0.29, 0.717) is 16.1 Å². The number of nitro groups is 1. The summed E-state index contributed by atoms with van der Waals surface area (Å²) in [5.74, 6) is 0.377. The van der Waals surface area contributed by atoms with Crippen LogP contribution in [0.2, 0.25) is 0 Å². The molecule has 11 heteroatoms. The number of nitro benzene ring substituents is 1. The van der Waals surface area contributed by atoms with E-state index in [-0.39, 0.29) is 36.1 Å². The van der Waals surface area contributed by atoms with Crippen molar-refractivity contribution in [2.75, 3.05) is 13.2 Å². The fraction of sp³-hybridized carbons (Fsp3) is 0.333. The number of hydrogen-bond acceptors (Lipinski definition) is 8. The molecule has 0 saturated carbocycles. The SMILES string of the molecule is CCOP(=O)(Cc1ccc(-c2nc3cc([N+](=O)[O-])ccc3c(=O)n2C)s1)OCC. The number of benzene rings is 1. The maximum Gasteiger partial charge on any atom is 0.335 e. The van der Waals surface area contributed by atoms with Crippen molar-refractivity contribution in [3.63, 3.8) is 0 Å². The Morgan fingerprint density at radius 3 is 2.52 bits per heavy atom. The van der Waals surface area contributed by atoms with Gasteiger partial charge in [-0.25, -0.2) is 4.98 Å². The van der Waals surface area contributed by atoms with Crippen molar-refractivity contribution in [1.29, 1.82) is 0 Å². The standard InChI is InChI=1S/C18H20N3O6PS/c1-4-26-28(25,27-5-2)11-13-7-9-16(29-13)17-19-15-10-12(21(23)24)6-8-14(15)18(22)20(17)3/h6-10H,4-5,11H2,1-3H3. The Labute approximate surface area is 170 Å². The maximum atomic E-state index is 12.8. The molecule has 154 valence electrons. The molecule has 0 aliphatic carbocycles. The number of fused-ring (bicyclic) bond motifs is 1. The quantitative estimate of drug-likeness (QED) is 0.293. The molecule has 0 aliphatic heterocycles. The molecule has 9 nitrogen and oxygen atoms in total. The molecule has 2 aromatic heterocycles. The van der Waals surface area contributed by atoms with E-state index in [0.717, 1.165) is 4.88 Å². The molecule has 0 aliphatic rings. The lowest BCUT2D eigenvalue weighted by molar-refractivity contribution is -0.384. The van der Waals surface area contributed by atoms with Gasteiger partial charge in [-0.15, -0.1) is 11.3 Å². The van der Waals surface area contributed by atoms with Gasteiger partial charge in [0.15, 0.2) is 5.82 Å². The van der Waals surface area contributed by atoms with Crippen LogP contribution >= 0.6 is 18.9 Å². The molecule has 0 bridgehead atoms. The minimum atomic E-state index is -3.25. The van der Waals surface area contributed by atoms with Gasteiger partial charge in [0.25, 0.3) is 11.2 Å². The minimum absolute atomic E-state index is 0.117. The monoisotopic (exact) mass is 437 g/mol. The number of non-ortho nitro benzene ring substituents is 1. The predicted octanol–water partition coefficient (Wildman–Crippen LogP) is 4.34. The molecule has 2 heterocycles. The van der Waals surface area contributed by atoms with Crippen LogP contribution in [-0.2, 0) is 26.8 Å². The van der Waals surface area contributed by atoms with Gasteiger partial charge < -0.3 is 9.05 Å². The van der Waals surface area contributed by atoms with Crippen LogP contribution in [0, 0.1) is 10.1 Å². The van der Waals surface area contributed by atoms with E-state index in [1.54, 1.807) is 33.0 Å². The highest BCUT2D eigenvalue weighted by Gasteiger charge is 2.25. The summed E-state index contributed by atoms with van der Waals surface area (Å²) in [5.41, 5.74) is -0.184. The fourth-order valence-electron chi connectivity index (χ4n) is 2.89. The van der Waals surface area contributed by atoms with Crippen molar-refractivity contribution < 1.29 is 18.5 Å². The smallest absolute Gasteiger partial charge is 0.309 e. The Balaban J connectivity index is 2.03. The molecule has 0 radical (unpaired) electrons. The molecule has 3 rings (SSSR count). The van der Waals surface area contributed by atoms with E-state index in [2.05, 4.69) is 4.98 Å². The third-order valence-corrected chi connectivity index (χ3v) is 7.48. The lowest BCUT2D eigenvalue weighted by Crippen LogP contribution is -2.20. The molecular formula is C18H20N3O6PS. The van der Waals surface area contributed by atoms with Gasteiger partial charge >= 0.3 is 7.60 Å². The highest BCUT2D eigenvalue weighted by molar-refractivity contribution is 7.53. The van der Waals surface area contributed by atoms with E-state index in [4.69, 9.17) is 9.05 Å². The summed E-state index contributed by atoms with van der Waals surface area (Å²) >= 11 is 1.32. The maximum absolute atomic E-state index is 12.8. The molecule has 0 saturated heterocycles. The number of rotatable bonds is 8. The number of aromatic nitrogens is 2. The molecular weight excluding hydrogens is 417 g/mol. The summed E-state index contributed by atoms with van der Waals surface area (Å²) in [4.78, 5) is 29.1. The molecule has 0 atom stereocenters.